The summed E-state index contributed by atoms with van der Waals surface area (Å²) in [7, 11) is 1.68. The van der Waals surface area contributed by atoms with Crippen LogP contribution in [0.1, 0.15) is 30.5 Å². The van der Waals surface area contributed by atoms with Crippen LogP contribution in [0, 0.1) is 0 Å². The van der Waals surface area contributed by atoms with Crippen LogP contribution < -0.4 is 10.1 Å². The largest absolute Gasteiger partial charge is 0.496 e. The fraction of sp³-hybridized carbons (Fsp3) is 0.353. The van der Waals surface area contributed by atoms with E-state index in [2.05, 4.69) is 23.3 Å². The molecule has 0 aliphatic carbocycles. The van der Waals surface area contributed by atoms with Crippen LogP contribution >= 0.6 is 11.6 Å². The van der Waals surface area contributed by atoms with Gasteiger partial charge in [0.2, 0.25) is 0 Å². The molecule has 0 bridgehead atoms. The van der Waals surface area contributed by atoms with Crippen LogP contribution in [0.2, 0.25) is 5.02 Å². The van der Waals surface area contributed by atoms with Gasteiger partial charge in [0.05, 0.1) is 7.11 Å². The quantitative estimate of drug-likeness (QED) is 0.838. The summed E-state index contributed by atoms with van der Waals surface area (Å²) in [5.74, 6) is 0.819. The average molecular weight is 305 g/mol. The van der Waals surface area contributed by atoms with Gasteiger partial charge in [0.15, 0.2) is 0 Å². The van der Waals surface area contributed by atoms with Crippen molar-refractivity contribution in [2.75, 3.05) is 13.7 Å². The maximum Gasteiger partial charge on any atom is 0.125 e. The molecule has 1 heterocycles. The summed E-state index contributed by atoms with van der Waals surface area (Å²) < 4.78 is 5.48. The molecule has 0 spiro atoms. The summed E-state index contributed by atoms with van der Waals surface area (Å²) in [4.78, 5) is 4.19. The average Bonchev–Trinajstić information content (AvgIpc) is 2.52. The van der Waals surface area contributed by atoms with Gasteiger partial charge in [0, 0.05) is 29.0 Å². The van der Waals surface area contributed by atoms with Crippen molar-refractivity contribution in [1.29, 1.82) is 0 Å². The van der Waals surface area contributed by atoms with Crippen LogP contribution in [0.25, 0.3) is 0 Å². The third kappa shape index (κ3) is 4.45. The second-order valence-electron chi connectivity index (χ2n) is 4.96. The highest BCUT2D eigenvalue weighted by molar-refractivity contribution is 6.30. The van der Waals surface area contributed by atoms with Gasteiger partial charge in [-0.15, -0.1) is 0 Å². The second kappa shape index (κ2) is 8.01. The number of hydrogen-bond acceptors (Lipinski definition) is 3. The Morgan fingerprint density at radius 2 is 2.19 bits per heavy atom. The lowest BCUT2D eigenvalue weighted by atomic mass is 9.98. The molecule has 1 unspecified atom stereocenters. The van der Waals surface area contributed by atoms with Crippen LogP contribution in [0.15, 0.2) is 42.7 Å². The molecule has 0 aliphatic rings. The van der Waals surface area contributed by atoms with Crippen LogP contribution in [-0.2, 0) is 6.42 Å². The van der Waals surface area contributed by atoms with Gasteiger partial charge in [0.1, 0.15) is 5.75 Å². The fourth-order valence-corrected chi connectivity index (χ4v) is 2.50. The minimum atomic E-state index is 0.182. The van der Waals surface area contributed by atoms with E-state index in [9.17, 15) is 0 Å². The monoisotopic (exact) mass is 304 g/mol. The van der Waals surface area contributed by atoms with Crippen LogP contribution in [0.4, 0.5) is 0 Å². The number of halogens is 1. The molecule has 1 aromatic carbocycles. The van der Waals surface area contributed by atoms with Gasteiger partial charge in [-0.2, -0.15) is 0 Å². The number of rotatable bonds is 7. The molecule has 1 atom stereocenters. The number of nitrogens with one attached hydrogen (secondary N) is 1. The highest BCUT2D eigenvalue weighted by Gasteiger charge is 2.16. The first-order valence-corrected chi connectivity index (χ1v) is 7.58. The number of hydrogen-bond donors (Lipinski definition) is 1. The molecular formula is C17H21ClN2O. The smallest absolute Gasteiger partial charge is 0.125 e. The molecule has 0 radical (unpaired) electrons. The minimum absolute atomic E-state index is 0.182. The SMILES string of the molecule is CCCNC(Cc1cccnc1)c1ccc(Cl)cc1OC. The van der Waals surface area contributed by atoms with E-state index in [0.717, 1.165) is 30.7 Å². The van der Waals surface area contributed by atoms with E-state index in [4.69, 9.17) is 16.3 Å². The van der Waals surface area contributed by atoms with Crippen LogP contribution in [0.3, 0.4) is 0 Å². The number of methoxy groups -OCH3 is 1. The Hall–Kier alpha value is -1.58. The minimum Gasteiger partial charge on any atom is -0.496 e. The van der Waals surface area contributed by atoms with E-state index in [-0.39, 0.29) is 6.04 Å². The second-order valence-corrected chi connectivity index (χ2v) is 5.39. The van der Waals surface area contributed by atoms with Crippen molar-refractivity contribution >= 4 is 11.6 Å². The Labute approximate surface area is 131 Å². The Morgan fingerprint density at radius 1 is 1.33 bits per heavy atom. The first-order valence-electron chi connectivity index (χ1n) is 7.20. The highest BCUT2D eigenvalue weighted by atomic mass is 35.5. The maximum absolute atomic E-state index is 6.05. The summed E-state index contributed by atoms with van der Waals surface area (Å²) in [6, 6.07) is 10.0. The number of ether oxygens (including phenoxy) is 1. The normalized spacial score (nSPS) is 12.1. The Balaban J connectivity index is 2.27. The zero-order valence-corrected chi connectivity index (χ0v) is 13.2. The lowest BCUT2D eigenvalue weighted by molar-refractivity contribution is 0.398. The molecule has 0 amide bonds. The molecule has 0 saturated carbocycles. The standard InChI is InChI=1S/C17H21ClN2O/c1-3-8-20-16(10-13-5-4-9-19-12-13)15-7-6-14(18)11-17(15)21-2/h4-7,9,11-12,16,20H,3,8,10H2,1-2H3. The summed E-state index contributed by atoms with van der Waals surface area (Å²) in [6.45, 7) is 3.12. The molecule has 1 aromatic heterocycles. The van der Waals surface area contributed by atoms with Crippen LogP contribution in [-0.4, -0.2) is 18.6 Å². The summed E-state index contributed by atoms with van der Waals surface area (Å²) in [6.07, 6.45) is 5.65. The summed E-state index contributed by atoms with van der Waals surface area (Å²) in [5.41, 5.74) is 2.32. The van der Waals surface area contributed by atoms with Crippen molar-refractivity contribution < 1.29 is 4.74 Å². The molecule has 2 aromatic rings. The molecule has 112 valence electrons. The van der Waals surface area contributed by atoms with E-state index >= 15 is 0 Å². The first kappa shape index (κ1) is 15.8. The van der Waals surface area contributed by atoms with Crippen molar-refractivity contribution in [2.45, 2.75) is 25.8 Å². The third-order valence-electron chi connectivity index (χ3n) is 3.37. The van der Waals surface area contributed by atoms with Crippen molar-refractivity contribution in [3.8, 4) is 5.75 Å². The molecular weight excluding hydrogens is 284 g/mol. The predicted octanol–water partition coefficient (Wildman–Crippen LogP) is 4.03. The number of benzene rings is 1. The van der Waals surface area contributed by atoms with Gasteiger partial charge >= 0.3 is 0 Å². The topological polar surface area (TPSA) is 34.2 Å². The molecule has 21 heavy (non-hydrogen) atoms. The zero-order chi connectivity index (χ0) is 15.1. The lowest BCUT2D eigenvalue weighted by Gasteiger charge is -2.21. The maximum atomic E-state index is 6.05. The predicted molar refractivity (Wildman–Crippen MR) is 87.0 cm³/mol. The Morgan fingerprint density at radius 3 is 2.86 bits per heavy atom. The zero-order valence-electron chi connectivity index (χ0n) is 12.5. The summed E-state index contributed by atoms with van der Waals surface area (Å²) >= 11 is 6.05. The number of pyridine rings is 1. The summed E-state index contributed by atoms with van der Waals surface area (Å²) in [5, 5.41) is 4.26. The van der Waals surface area contributed by atoms with Crippen molar-refractivity contribution in [3.05, 3.63) is 58.9 Å². The van der Waals surface area contributed by atoms with E-state index in [1.54, 1.807) is 13.3 Å². The highest BCUT2D eigenvalue weighted by Crippen LogP contribution is 2.30. The number of aromatic nitrogens is 1. The molecule has 0 saturated heterocycles. The fourth-order valence-electron chi connectivity index (χ4n) is 2.34. The molecule has 2 rings (SSSR count). The van der Waals surface area contributed by atoms with Gasteiger partial charge in [-0.25, -0.2) is 0 Å². The van der Waals surface area contributed by atoms with Crippen molar-refractivity contribution in [3.63, 3.8) is 0 Å². The van der Waals surface area contributed by atoms with E-state index in [0.29, 0.717) is 5.02 Å². The van der Waals surface area contributed by atoms with Gasteiger partial charge in [0.25, 0.3) is 0 Å². The third-order valence-corrected chi connectivity index (χ3v) is 3.61. The molecule has 4 heteroatoms. The van der Waals surface area contributed by atoms with E-state index in [1.807, 2.05) is 30.5 Å². The Bertz CT molecular complexity index is 560. The molecule has 1 N–H and O–H groups in total. The van der Waals surface area contributed by atoms with Gasteiger partial charge < -0.3 is 10.1 Å². The van der Waals surface area contributed by atoms with Gasteiger partial charge in [-0.05, 0) is 43.1 Å². The van der Waals surface area contributed by atoms with Crippen molar-refractivity contribution in [2.24, 2.45) is 0 Å². The molecule has 0 fully saturated rings. The Kier molecular flexibility index (Phi) is 6.03. The van der Waals surface area contributed by atoms with Crippen LogP contribution in [0.5, 0.6) is 5.75 Å². The molecule has 3 nitrogen and oxygen atoms in total. The van der Waals surface area contributed by atoms with Crippen molar-refractivity contribution in [1.82, 2.24) is 10.3 Å². The van der Waals surface area contributed by atoms with E-state index in [1.165, 1.54) is 5.56 Å². The van der Waals surface area contributed by atoms with Gasteiger partial charge in [-0.3, -0.25) is 4.98 Å². The van der Waals surface area contributed by atoms with E-state index < -0.39 is 0 Å². The lowest BCUT2D eigenvalue weighted by Crippen LogP contribution is -2.24. The number of nitrogens with zero attached hydrogens (tertiary/aromatic N) is 1. The molecule has 0 aliphatic heterocycles. The first-order chi connectivity index (χ1) is 10.2. The van der Waals surface area contributed by atoms with Gasteiger partial charge in [-0.1, -0.05) is 30.7 Å².